The zero-order valence-electron chi connectivity index (χ0n) is 8.87. The second kappa shape index (κ2) is 5.41. The Morgan fingerprint density at radius 3 is 3.19 bits per heavy atom. The fourth-order valence-corrected chi connectivity index (χ4v) is 2.14. The van der Waals surface area contributed by atoms with E-state index in [0.29, 0.717) is 0 Å². The molecule has 1 atom stereocenters. The fourth-order valence-electron chi connectivity index (χ4n) is 1.79. The number of carbonyl (C=O) groups excluding carboxylic acids is 1. The molecular weight excluding hydrogens is 270 g/mol. The van der Waals surface area contributed by atoms with Gasteiger partial charge in [-0.1, -0.05) is 0 Å². The number of carbonyl (C=O) groups is 1. The molecule has 1 aliphatic heterocycles. The van der Waals surface area contributed by atoms with E-state index >= 15 is 0 Å². The van der Waals surface area contributed by atoms with Crippen molar-refractivity contribution in [1.82, 2.24) is 10.3 Å². The molecule has 5 heteroatoms. The van der Waals surface area contributed by atoms with E-state index in [9.17, 15) is 4.79 Å². The van der Waals surface area contributed by atoms with Crippen LogP contribution in [0.1, 0.15) is 12.8 Å². The molecule has 0 saturated carbocycles. The number of hydrogen-bond acceptors (Lipinski definition) is 3. The lowest BCUT2D eigenvalue weighted by atomic mass is 9.99. The maximum atomic E-state index is 11.9. The van der Waals surface area contributed by atoms with Gasteiger partial charge in [0.05, 0.1) is 16.1 Å². The fraction of sp³-hybridized carbons (Fsp3) is 0.455. The zero-order valence-corrected chi connectivity index (χ0v) is 10.5. The topological polar surface area (TPSA) is 54.0 Å². The van der Waals surface area contributed by atoms with E-state index in [4.69, 9.17) is 0 Å². The molecule has 0 unspecified atom stereocenters. The molecule has 16 heavy (non-hydrogen) atoms. The summed E-state index contributed by atoms with van der Waals surface area (Å²) in [6.07, 6.45) is 5.37. The second-order valence-corrected chi connectivity index (χ2v) is 4.74. The van der Waals surface area contributed by atoms with Crippen LogP contribution in [-0.2, 0) is 4.79 Å². The van der Waals surface area contributed by atoms with E-state index in [0.717, 1.165) is 36.1 Å². The van der Waals surface area contributed by atoms with Crippen molar-refractivity contribution in [1.29, 1.82) is 0 Å². The highest BCUT2D eigenvalue weighted by Gasteiger charge is 2.21. The summed E-state index contributed by atoms with van der Waals surface area (Å²) in [6.45, 7) is 1.79. The lowest BCUT2D eigenvalue weighted by molar-refractivity contribution is -0.120. The van der Waals surface area contributed by atoms with Gasteiger partial charge in [-0.3, -0.25) is 9.78 Å². The summed E-state index contributed by atoms with van der Waals surface area (Å²) in [6, 6.07) is 1.79. The largest absolute Gasteiger partial charge is 0.325 e. The summed E-state index contributed by atoms with van der Waals surface area (Å²) < 4.78 is 0.812. The number of nitrogens with zero attached hydrogens (tertiary/aromatic N) is 1. The normalized spacial score (nSPS) is 20.4. The van der Waals surface area contributed by atoms with E-state index in [1.54, 1.807) is 18.5 Å². The van der Waals surface area contributed by atoms with Crippen molar-refractivity contribution in [2.24, 2.45) is 5.92 Å². The van der Waals surface area contributed by atoms with E-state index in [1.807, 2.05) is 0 Å². The van der Waals surface area contributed by atoms with Gasteiger partial charge >= 0.3 is 0 Å². The van der Waals surface area contributed by atoms with Gasteiger partial charge in [0, 0.05) is 18.9 Å². The molecule has 0 bridgehead atoms. The number of anilines is 1. The number of rotatable bonds is 2. The van der Waals surface area contributed by atoms with Gasteiger partial charge in [0.15, 0.2) is 0 Å². The molecule has 86 valence electrons. The predicted molar refractivity (Wildman–Crippen MR) is 66.2 cm³/mol. The van der Waals surface area contributed by atoms with Gasteiger partial charge in [-0.25, -0.2) is 0 Å². The van der Waals surface area contributed by atoms with Crippen molar-refractivity contribution in [3.63, 3.8) is 0 Å². The van der Waals surface area contributed by atoms with Crippen LogP contribution in [0.5, 0.6) is 0 Å². The van der Waals surface area contributed by atoms with Crippen molar-refractivity contribution in [2.45, 2.75) is 12.8 Å². The first-order chi connectivity index (χ1) is 7.77. The van der Waals surface area contributed by atoms with Crippen LogP contribution in [0, 0.1) is 5.92 Å². The molecule has 1 amide bonds. The van der Waals surface area contributed by atoms with Gasteiger partial charge in [-0.15, -0.1) is 0 Å². The van der Waals surface area contributed by atoms with E-state index in [-0.39, 0.29) is 11.8 Å². The average molecular weight is 284 g/mol. The van der Waals surface area contributed by atoms with Crippen LogP contribution in [0.2, 0.25) is 0 Å². The summed E-state index contributed by atoms with van der Waals surface area (Å²) >= 11 is 3.36. The highest BCUT2D eigenvalue weighted by molar-refractivity contribution is 9.10. The van der Waals surface area contributed by atoms with Crippen LogP contribution < -0.4 is 10.6 Å². The van der Waals surface area contributed by atoms with E-state index in [1.165, 1.54) is 0 Å². The van der Waals surface area contributed by atoms with Gasteiger partial charge in [-0.2, -0.15) is 0 Å². The highest BCUT2D eigenvalue weighted by atomic mass is 79.9. The lowest BCUT2D eigenvalue weighted by Crippen LogP contribution is -2.37. The third-order valence-corrected chi connectivity index (χ3v) is 3.33. The van der Waals surface area contributed by atoms with Gasteiger partial charge in [0.2, 0.25) is 5.91 Å². The smallest absolute Gasteiger partial charge is 0.228 e. The molecule has 1 aromatic heterocycles. The lowest BCUT2D eigenvalue weighted by Gasteiger charge is -2.22. The first-order valence-corrected chi connectivity index (χ1v) is 6.18. The monoisotopic (exact) mass is 283 g/mol. The SMILES string of the molecule is O=C(Nc1ccncc1Br)[C@H]1CCCNC1. The molecule has 1 aliphatic rings. The first kappa shape index (κ1) is 11.5. The molecule has 2 heterocycles. The zero-order chi connectivity index (χ0) is 11.4. The van der Waals surface area contributed by atoms with Gasteiger partial charge in [-0.05, 0) is 41.4 Å². The van der Waals surface area contributed by atoms with Crippen molar-refractivity contribution in [2.75, 3.05) is 18.4 Å². The molecule has 1 saturated heterocycles. The molecular formula is C11H14BrN3O. The van der Waals surface area contributed by atoms with Crippen molar-refractivity contribution < 1.29 is 4.79 Å². The second-order valence-electron chi connectivity index (χ2n) is 3.89. The molecule has 0 spiro atoms. The molecule has 1 aromatic rings. The number of pyridine rings is 1. The highest BCUT2D eigenvalue weighted by Crippen LogP contribution is 2.21. The Morgan fingerprint density at radius 1 is 1.62 bits per heavy atom. The third kappa shape index (κ3) is 2.80. The molecule has 0 aliphatic carbocycles. The third-order valence-electron chi connectivity index (χ3n) is 2.70. The predicted octanol–water partition coefficient (Wildman–Crippen LogP) is 1.78. The Morgan fingerprint density at radius 2 is 2.50 bits per heavy atom. The summed E-state index contributed by atoms with van der Waals surface area (Å²) in [5, 5.41) is 6.15. The molecule has 2 rings (SSSR count). The Hall–Kier alpha value is -0.940. The average Bonchev–Trinajstić information content (AvgIpc) is 2.33. The maximum Gasteiger partial charge on any atom is 0.228 e. The number of hydrogen-bond donors (Lipinski definition) is 2. The number of aromatic nitrogens is 1. The molecule has 0 aromatic carbocycles. The van der Waals surface area contributed by atoms with Crippen LogP contribution in [0.3, 0.4) is 0 Å². The summed E-state index contributed by atoms with van der Waals surface area (Å²) in [5.74, 6) is 0.160. The van der Waals surface area contributed by atoms with Crippen molar-refractivity contribution in [3.8, 4) is 0 Å². The minimum Gasteiger partial charge on any atom is -0.325 e. The Balaban J connectivity index is 1.99. The molecule has 1 fully saturated rings. The van der Waals surface area contributed by atoms with Crippen LogP contribution in [0.15, 0.2) is 22.9 Å². The Bertz CT molecular complexity index is 377. The number of amides is 1. The Kier molecular flexibility index (Phi) is 3.90. The van der Waals surface area contributed by atoms with Gasteiger partial charge in [0.25, 0.3) is 0 Å². The number of nitrogens with one attached hydrogen (secondary N) is 2. The quantitative estimate of drug-likeness (QED) is 0.870. The Labute approximate surface area is 103 Å². The summed E-state index contributed by atoms with van der Waals surface area (Å²) in [7, 11) is 0. The molecule has 0 radical (unpaired) electrons. The van der Waals surface area contributed by atoms with E-state index in [2.05, 4.69) is 31.5 Å². The van der Waals surface area contributed by atoms with Crippen molar-refractivity contribution in [3.05, 3.63) is 22.9 Å². The molecule has 4 nitrogen and oxygen atoms in total. The van der Waals surface area contributed by atoms with Crippen LogP contribution >= 0.6 is 15.9 Å². The number of halogens is 1. The van der Waals surface area contributed by atoms with Crippen LogP contribution in [0.4, 0.5) is 5.69 Å². The minimum absolute atomic E-state index is 0.0776. The van der Waals surface area contributed by atoms with Crippen LogP contribution in [-0.4, -0.2) is 24.0 Å². The minimum atomic E-state index is 0.0776. The number of piperidine rings is 1. The van der Waals surface area contributed by atoms with Gasteiger partial charge in [0.1, 0.15) is 0 Å². The summed E-state index contributed by atoms with van der Waals surface area (Å²) in [4.78, 5) is 15.9. The maximum absolute atomic E-state index is 11.9. The van der Waals surface area contributed by atoms with Crippen LogP contribution in [0.25, 0.3) is 0 Å². The first-order valence-electron chi connectivity index (χ1n) is 5.38. The molecule has 2 N–H and O–H groups in total. The van der Waals surface area contributed by atoms with Gasteiger partial charge < -0.3 is 10.6 Å². The van der Waals surface area contributed by atoms with E-state index < -0.39 is 0 Å². The van der Waals surface area contributed by atoms with Crippen molar-refractivity contribution >= 4 is 27.5 Å². The standard InChI is InChI=1S/C11H14BrN3O/c12-9-7-14-5-3-10(9)15-11(16)8-2-1-4-13-6-8/h3,5,7-8,13H,1-2,4,6H2,(H,14,15,16)/t8-/m0/s1. The summed E-state index contributed by atoms with van der Waals surface area (Å²) in [5.41, 5.74) is 0.783.